The summed E-state index contributed by atoms with van der Waals surface area (Å²) in [5.41, 5.74) is 0.473. The van der Waals surface area contributed by atoms with E-state index in [1.165, 1.54) is 19.2 Å². The molecule has 3 heterocycles. The van der Waals surface area contributed by atoms with Crippen LogP contribution in [0.1, 0.15) is 24.1 Å². The number of aromatic nitrogens is 2. The van der Waals surface area contributed by atoms with E-state index in [0.29, 0.717) is 12.1 Å². The Labute approximate surface area is 179 Å². The first-order chi connectivity index (χ1) is 15.1. The van der Waals surface area contributed by atoms with Crippen LogP contribution in [0.4, 0.5) is 23.4 Å². The van der Waals surface area contributed by atoms with Gasteiger partial charge in [-0.1, -0.05) is 12.1 Å². The molecule has 1 N–H and O–H groups in total. The van der Waals surface area contributed by atoms with E-state index in [1.54, 1.807) is 12.1 Å². The molecule has 1 aromatic carbocycles. The lowest BCUT2D eigenvalue weighted by Gasteiger charge is -2.20. The molecule has 0 saturated carbocycles. The number of hydrogen-bond acceptors (Lipinski definition) is 5. The minimum atomic E-state index is -4.62. The average molecular weight is 450 g/mol. The fourth-order valence-electron chi connectivity index (χ4n) is 3.53. The van der Waals surface area contributed by atoms with Gasteiger partial charge in [0.1, 0.15) is 23.4 Å². The van der Waals surface area contributed by atoms with Crippen LogP contribution in [-0.2, 0) is 28.7 Å². The van der Waals surface area contributed by atoms with Crippen LogP contribution in [0.25, 0.3) is 0 Å². The van der Waals surface area contributed by atoms with Crippen molar-refractivity contribution in [2.75, 3.05) is 11.9 Å². The number of nitrogens with zero attached hydrogens (tertiary/aromatic N) is 5. The first kappa shape index (κ1) is 21.7. The Kier molecular flexibility index (Phi) is 5.53. The van der Waals surface area contributed by atoms with Crippen LogP contribution >= 0.6 is 0 Å². The molecule has 1 atom stereocenters. The van der Waals surface area contributed by atoms with E-state index in [4.69, 9.17) is 0 Å². The molecular weight excluding hydrogens is 432 g/mol. The van der Waals surface area contributed by atoms with Crippen molar-refractivity contribution in [3.8, 4) is 0 Å². The molecule has 4 rings (SSSR count). The monoisotopic (exact) mass is 450 g/mol. The van der Waals surface area contributed by atoms with Crippen molar-refractivity contribution in [2.45, 2.75) is 38.0 Å². The molecule has 0 aliphatic carbocycles. The summed E-state index contributed by atoms with van der Waals surface area (Å²) in [6.45, 7) is 0.0191. The summed E-state index contributed by atoms with van der Waals surface area (Å²) in [4.78, 5) is 26.4. The van der Waals surface area contributed by atoms with Crippen LogP contribution in [0.2, 0.25) is 0 Å². The number of alkyl halides is 3. The second kappa shape index (κ2) is 8.17. The van der Waals surface area contributed by atoms with E-state index in [1.807, 2.05) is 0 Å². The zero-order valence-corrected chi connectivity index (χ0v) is 16.9. The number of aryl methyl sites for hydroxylation is 1. The van der Waals surface area contributed by atoms with E-state index in [2.05, 4.69) is 20.6 Å². The normalized spacial score (nSPS) is 18.7. The Morgan fingerprint density at radius 2 is 1.94 bits per heavy atom. The molecule has 0 saturated heterocycles. The van der Waals surface area contributed by atoms with Crippen molar-refractivity contribution in [2.24, 2.45) is 10.2 Å². The van der Waals surface area contributed by atoms with Gasteiger partial charge >= 0.3 is 6.18 Å². The molecule has 0 bridgehead atoms. The van der Waals surface area contributed by atoms with E-state index in [0.717, 1.165) is 21.2 Å². The quantitative estimate of drug-likeness (QED) is 0.725. The van der Waals surface area contributed by atoms with Crippen molar-refractivity contribution in [1.82, 2.24) is 15.1 Å². The van der Waals surface area contributed by atoms with E-state index in [-0.39, 0.29) is 36.7 Å². The molecule has 32 heavy (non-hydrogen) atoms. The fraction of sp³-hybridized carbons (Fsp3) is 0.350. The summed E-state index contributed by atoms with van der Waals surface area (Å²) >= 11 is 0. The molecule has 8 nitrogen and oxygen atoms in total. The number of benzene rings is 1. The van der Waals surface area contributed by atoms with Gasteiger partial charge in [0.05, 0.1) is 5.71 Å². The summed E-state index contributed by atoms with van der Waals surface area (Å²) in [6, 6.07) is 5.74. The predicted octanol–water partition coefficient (Wildman–Crippen LogP) is 2.34. The number of nitrogens with one attached hydrogen (secondary N) is 1. The number of amides is 2. The number of carbonyl (C=O) groups excluding carboxylic acids is 2. The summed E-state index contributed by atoms with van der Waals surface area (Å²) in [5.74, 6) is -1.49. The molecule has 2 aliphatic heterocycles. The van der Waals surface area contributed by atoms with Crippen LogP contribution in [-0.4, -0.2) is 46.1 Å². The highest BCUT2D eigenvalue weighted by Crippen LogP contribution is 2.32. The zero-order chi connectivity index (χ0) is 23.0. The van der Waals surface area contributed by atoms with Gasteiger partial charge in [-0.05, 0) is 24.1 Å². The number of carbonyl (C=O) groups is 2. The minimum absolute atomic E-state index is 0.00204. The highest BCUT2D eigenvalue weighted by atomic mass is 19.4. The van der Waals surface area contributed by atoms with Crippen LogP contribution in [0.5, 0.6) is 0 Å². The molecule has 168 valence electrons. The molecule has 0 spiro atoms. The maximum Gasteiger partial charge on any atom is 0.435 e. The third kappa shape index (κ3) is 4.39. The van der Waals surface area contributed by atoms with Crippen LogP contribution in [0.3, 0.4) is 0 Å². The highest BCUT2D eigenvalue weighted by molar-refractivity contribution is 6.43. The topological polar surface area (TPSA) is 92.0 Å². The molecule has 0 fully saturated rings. The lowest BCUT2D eigenvalue weighted by Crippen LogP contribution is -2.48. The number of hydrogen-bond donors (Lipinski definition) is 1. The molecular formula is C20H18F4N6O2. The van der Waals surface area contributed by atoms with E-state index >= 15 is 0 Å². The molecule has 2 amide bonds. The molecule has 1 aromatic heterocycles. The van der Waals surface area contributed by atoms with Crippen LogP contribution < -0.4 is 10.2 Å². The van der Waals surface area contributed by atoms with Crippen molar-refractivity contribution in [3.63, 3.8) is 0 Å². The molecule has 2 aliphatic rings. The van der Waals surface area contributed by atoms with E-state index < -0.39 is 29.7 Å². The molecule has 0 radical (unpaired) electrons. The third-order valence-electron chi connectivity index (χ3n) is 5.22. The molecule has 12 heteroatoms. The Morgan fingerprint density at radius 1 is 1.22 bits per heavy atom. The van der Waals surface area contributed by atoms with Gasteiger partial charge in [-0.2, -0.15) is 23.4 Å². The number of anilines is 1. The predicted molar refractivity (Wildman–Crippen MR) is 107 cm³/mol. The van der Waals surface area contributed by atoms with Gasteiger partial charge in [0.2, 0.25) is 0 Å². The second-order valence-corrected chi connectivity index (χ2v) is 7.51. The summed E-state index contributed by atoms with van der Waals surface area (Å²) in [6.07, 6.45) is -3.98. The summed E-state index contributed by atoms with van der Waals surface area (Å²) < 4.78 is 52.9. The van der Waals surface area contributed by atoms with Gasteiger partial charge in [-0.15, -0.1) is 5.10 Å². The maximum atomic E-state index is 13.0. The van der Waals surface area contributed by atoms with E-state index in [9.17, 15) is 27.2 Å². The minimum Gasteiger partial charge on any atom is -0.339 e. The average Bonchev–Trinajstić information content (AvgIpc) is 3.36. The van der Waals surface area contributed by atoms with Gasteiger partial charge in [0.15, 0.2) is 5.69 Å². The van der Waals surface area contributed by atoms with Crippen molar-refractivity contribution < 1.29 is 27.2 Å². The third-order valence-corrected chi connectivity index (χ3v) is 5.22. The highest BCUT2D eigenvalue weighted by Gasteiger charge is 2.38. The Bertz CT molecular complexity index is 1120. The van der Waals surface area contributed by atoms with Gasteiger partial charge in [0, 0.05) is 32.5 Å². The van der Waals surface area contributed by atoms with Crippen molar-refractivity contribution in [3.05, 3.63) is 47.4 Å². The fourth-order valence-corrected chi connectivity index (χ4v) is 3.53. The number of likely N-dealkylation sites (N-methyl/N-ethyl adjacent to an activating group) is 1. The Morgan fingerprint density at radius 3 is 2.62 bits per heavy atom. The van der Waals surface area contributed by atoms with Crippen LogP contribution in [0, 0.1) is 5.82 Å². The summed E-state index contributed by atoms with van der Waals surface area (Å²) in [5, 5.41) is 14.0. The van der Waals surface area contributed by atoms with Crippen molar-refractivity contribution >= 4 is 29.1 Å². The van der Waals surface area contributed by atoms with Gasteiger partial charge in [0.25, 0.3) is 11.8 Å². The lowest BCUT2D eigenvalue weighted by atomic mass is 10.0. The summed E-state index contributed by atoms with van der Waals surface area (Å²) in [7, 11) is 1.33. The number of fused-ring (bicyclic) bond motifs is 1. The number of halogens is 4. The van der Waals surface area contributed by atoms with Gasteiger partial charge in [-0.25, -0.2) is 9.07 Å². The standard InChI is InChI=1S/C20H18F4N6O2/c1-29-17-10-16(20(22,23)24)28-30(17)7-6-14(19(29)32)25-18(31)15-9-13(26-27-15)8-11-2-4-12(21)5-3-11/h2-5,10,14H,6-9H2,1H3,(H,25,31)/t14-/m1/s1. The van der Waals surface area contributed by atoms with Crippen LogP contribution in [0.15, 0.2) is 40.5 Å². The molecule has 0 unspecified atom stereocenters. The Hall–Kier alpha value is -3.57. The largest absolute Gasteiger partial charge is 0.435 e. The Balaban J connectivity index is 1.37. The van der Waals surface area contributed by atoms with Crippen molar-refractivity contribution in [1.29, 1.82) is 0 Å². The first-order valence-corrected chi connectivity index (χ1v) is 9.72. The SMILES string of the molecule is CN1C(=O)[C@H](NC(=O)C2=NN=C(Cc3ccc(F)cc3)C2)CCn2nc(C(F)(F)F)cc21. The lowest BCUT2D eigenvalue weighted by molar-refractivity contribution is -0.141. The van der Waals surface area contributed by atoms with Gasteiger partial charge in [-0.3, -0.25) is 14.5 Å². The maximum absolute atomic E-state index is 13.0. The second-order valence-electron chi connectivity index (χ2n) is 7.51. The zero-order valence-electron chi connectivity index (χ0n) is 16.9. The van der Waals surface area contributed by atoms with Gasteiger partial charge < -0.3 is 5.32 Å². The molecule has 2 aromatic rings. The first-order valence-electron chi connectivity index (χ1n) is 9.72. The number of rotatable bonds is 4. The smallest absolute Gasteiger partial charge is 0.339 e.